The highest BCUT2D eigenvalue weighted by atomic mass is 32.2. The largest absolute Gasteiger partial charge is 0.380 e. The van der Waals surface area contributed by atoms with Gasteiger partial charge in [-0.15, -0.1) is 11.8 Å². The molecule has 0 atom stereocenters. The predicted molar refractivity (Wildman–Crippen MR) is 88.5 cm³/mol. The van der Waals surface area contributed by atoms with E-state index in [-0.39, 0.29) is 0 Å². The molecule has 3 aromatic rings. The molecule has 2 aromatic carbocycles. The number of thioether (sulfide) groups is 1. The molecule has 1 heterocycles. The zero-order valence-electron chi connectivity index (χ0n) is 11.5. The number of H-pyrrole nitrogens is 1. The Kier molecular flexibility index (Phi) is 3.97. The number of para-hydroxylation sites is 2. The standard InChI is InChI=1S/C17H18N2S/c1-2-20-17-10-6-5-9-16(17)19-12-13-11-18-15-8-4-3-7-14(13)15/h3-11,18-19H,2,12H2,1H3. The topological polar surface area (TPSA) is 27.8 Å². The molecule has 1 aromatic heterocycles. The van der Waals surface area contributed by atoms with Crippen molar-refractivity contribution in [1.29, 1.82) is 0 Å². The average molecular weight is 282 g/mol. The fourth-order valence-electron chi connectivity index (χ4n) is 2.36. The molecule has 0 aliphatic rings. The fraction of sp³-hybridized carbons (Fsp3) is 0.176. The first-order valence-electron chi connectivity index (χ1n) is 6.89. The minimum Gasteiger partial charge on any atom is -0.380 e. The number of fused-ring (bicyclic) bond motifs is 1. The van der Waals surface area contributed by atoms with Crippen LogP contribution < -0.4 is 5.32 Å². The van der Waals surface area contributed by atoms with Gasteiger partial charge in [0.15, 0.2) is 0 Å². The Bertz CT molecular complexity index is 703. The van der Waals surface area contributed by atoms with Crippen molar-refractivity contribution in [3.63, 3.8) is 0 Å². The molecular formula is C17H18N2S. The Morgan fingerprint density at radius 2 is 1.85 bits per heavy atom. The van der Waals surface area contributed by atoms with Crippen molar-refractivity contribution in [3.05, 3.63) is 60.3 Å². The van der Waals surface area contributed by atoms with Crippen LogP contribution in [0.25, 0.3) is 10.9 Å². The quantitative estimate of drug-likeness (QED) is 0.652. The highest BCUT2D eigenvalue weighted by Crippen LogP contribution is 2.27. The Morgan fingerprint density at radius 1 is 1.05 bits per heavy atom. The molecule has 0 bridgehead atoms. The first kappa shape index (κ1) is 13.1. The predicted octanol–water partition coefficient (Wildman–Crippen LogP) is 4.89. The van der Waals surface area contributed by atoms with E-state index in [0.717, 1.165) is 12.3 Å². The van der Waals surface area contributed by atoms with Gasteiger partial charge in [-0.25, -0.2) is 0 Å². The zero-order chi connectivity index (χ0) is 13.8. The number of nitrogens with one attached hydrogen (secondary N) is 2. The maximum absolute atomic E-state index is 3.55. The Hall–Kier alpha value is -1.87. The maximum atomic E-state index is 3.55. The molecule has 0 saturated heterocycles. The van der Waals surface area contributed by atoms with Crippen LogP contribution in [-0.4, -0.2) is 10.7 Å². The molecule has 3 rings (SSSR count). The maximum Gasteiger partial charge on any atom is 0.0481 e. The van der Waals surface area contributed by atoms with E-state index in [4.69, 9.17) is 0 Å². The van der Waals surface area contributed by atoms with E-state index < -0.39 is 0 Å². The second kappa shape index (κ2) is 6.06. The van der Waals surface area contributed by atoms with Crippen LogP contribution in [0.3, 0.4) is 0 Å². The van der Waals surface area contributed by atoms with E-state index in [0.29, 0.717) is 0 Å². The van der Waals surface area contributed by atoms with Gasteiger partial charge in [-0.3, -0.25) is 0 Å². The lowest BCUT2D eigenvalue weighted by Gasteiger charge is -2.10. The average Bonchev–Trinajstić information content (AvgIpc) is 2.90. The number of aromatic amines is 1. The van der Waals surface area contributed by atoms with E-state index in [1.807, 2.05) is 11.8 Å². The molecule has 0 saturated carbocycles. The van der Waals surface area contributed by atoms with Gasteiger partial charge in [-0.2, -0.15) is 0 Å². The van der Waals surface area contributed by atoms with Gasteiger partial charge in [0.05, 0.1) is 0 Å². The first-order valence-corrected chi connectivity index (χ1v) is 7.87. The zero-order valence-corrected chi connectivity index (χ0v) is 12.3. The summed E-state index contributed by atoms with van der Waals surface area (Å²) in [5, 5.41) is 4.84. The van der Waals surface area contributed by atoms with Gasteiger partial charge in [-0.1, -0.05) is 37.3 Å². The molecule has 20 heavy (non-hydrogen) atoms. The van der Waals surface area contributed by atoms with Crippen LogP contribution in [-0.2, 0) is 6.54 Å². The lowest BCUT2D eigenvalue weighted by Crippen LogP contribution is -1.99. The SMILES string of the molecule is CCSc1ccccc1NCc1c[nH]c2ccccc12. The monoisotopic (exact) mass is 282 g/mol. The van der Waals surface area contributed by atoms with E-state index in [9.17, 15) is 0 Å². The molecule has 0 aliphatic carbocycles. The van der Waals surface area contributed by atoms with Gasteiger partial charge in [0.1, 0.15) is 0 Å². The van der Waals surface area contributed by atoms with E-state index in [2.05, 4.69) is 72.0 Å². The minimum absolute atomic E-state index is 0.839. The van der Waals surface area contributed by atoms with Crippen molar-refractivity contribution in [2.75, 3.05) is 11.1 Å². The number of anilines is 1. The lowest BCUT2D eigenvalue weighted by molar-refractivity contribution is 1.14. The summed E-state index contributed by atoms with van der Waals surface area (Å²) in [6.45, 7) is 3.02. The lowest BCUT2D eigenvalue weighted by atomic mass is 10.2. The number of hydrogen-bond acceptors (Lipinski definition) is 2. The summed E-state index contributed by atoms with van der Waals surface area (Å²) in [6, 6.07) is 16.9. The minimum atomic E-state index is 0.839. The molecule has 0 amide bonds. The molecule has 2 N–H and O–H groups in total. The summed E-state index contributed by atoms with van der Waals surface area (Å²) in [4.78, 5) is 4.63. The second-order valence-corrected chi connectivity index (χ2v) is 5.95. The van der Waals surface area contributed by atoms with Crippen LogP contribution >= 0.6 is 11.8 Å². The van der Waals surface area contributed by atoms with Crippen LogP contribution in [0.15, 0.2) is 59.6 Å². The Balaban J connectivity index is 1.80. The van der Waals surface area contributed by atoms with E-state index in [1.54, 1.807) is 0 Å². The number of rotatable bonds is 5. The molecule has 0 radical (unpaired) electrons. The molecule has 0 aliphatic heterocycles. The summed E-state index contributed by atoms with van der Waals surface area (Å²) < 4.78 is 0. The Morgan fingerprint density at radius 3 is 2.75 bits per heavy atom. The van der Waals surface area contributed by atoms with Gasteiger partial charge in [-0.05, 0) is 29.5 Å². The molecule has 102 valence electrons. The third kappa shape index (κ3) is 2.68. The van der Waals surface area contributed by atoms with Crippen LogP contribution in [0, 0.1) is 0 Å². The highest BCUT2D eigenvalue weighted by Gasteiger charge is 2.04. The van der Waals surface area contributed by atoms with Crippen molar-refractivity contribution < 1.29 is 0 Å². The number of hydrogen-bond donors (Lipinski definition) is 2. The molecular weight excluding hydrogens is 264 g/mol. The van der Waals surface area contributed by atoms with Gasteiger partial charge in [0.25, 0.3) is 0 Å². The van der Waals surface area contributed by atoms with Crippen molar-refractivity contribution >= 4 is 28.4 Å². The van der Waals surface area contributed by atoms with Crippen LogP contribution in [0.1, 0.15) is 12.5 Å². The van der Waals surface area contributed by atoms with E-state index in [1.165, 1.54) is 27.0 Å². The third-order valence-corrected chi connectivity index (χ3v) is 4.29. The summed E-state index contributed by atoms with van der Waals surface area (Å²) >= 11 is 1.87. The van der Waals surface area contributed by atoms with E-state index >= 15 is 0 Å². The van der Waals surface area contributed by atoms with Crippen molar-refractivity contribution in [2.24, 2.45) is 0 Å². The smallest absolute Gasteiger partial charge is 0.0481 e. The summed E-state index contributed by atoms with van der Waals surface area (Å²) in [5.41, 5.74) is 3.71. The first-order chi connectivity index (χ1) is 9.88. The summed E-state index contributed by atoms with van der Waals surface area (Å²) in [7, 11) is 0. The third-order valence-electron chi connectivity index (χ3n) is 3.33. The highest BCUT2D eigenvalue weighted by molar-refractivity contribution is 7.99. The van der Waals surface area contributed by atoms with Crippen molar-refractivity contribution in [3.8, 4) is 0 Å². The van der Waals surface area contributed by atoms with Crippen molar-refractivity contribution in [2.45, 2.75) is 18.4 Å². The van der Waals surface area contributed by atoms with Gasteiger partial charge >= 0.3 is 0 Å². The summed E-state index contributed by atoms with van der Waals surface area (Å²) in [6.07, 6.45) is 2.09. The van der Waals surface area contributed by atoms with Crippen LogP contribution in [0.4, 0.5) is 5.69 Å². The molecule has 0 spiro atoms. The van der Waals surface area contributed by atoms with Crippen LogP contribution in [0.5, 0.6) is 0 Å². The second-order valence-electron chi connectivity index (χ2n) is 4.64. The summed E-state index contributed by atoms with van der Waals surface area (Å²) in [5.74, 6) is 1.09. The molecule has 3 heteroatoms. The van der Waals surface area contributed by atoms with Crippen molar-refractivity contribution in [1.82, 2.24) is 4.98 Å². The Labute approximate surface area is 123 Å². The van der Waals surface area contributed by atoms with Gasteiger partial charge < -0.3 is 10.3 Å². The normalized spacial score (nSPS) is 10.8. The van der Waals surface area contributed by atoms with Gasteiger partial charge in [0, 0.05) is 34.2 Å². The molecule has 0 fully saturated rings. The number of benzene rings is 2. The molecule has 0 unspecified atom stereocenters. The number of aromatic nitrogens is 1. The fourth-order valence-corrected chi connectivity index (χ4v) is 3.14. The van der Waals surface area contributed by atoms with Gasteiger partial charge in [0.2, 0.25) is 0 Å². The molecule has 2 nitrogen and oxygen atoms in total. The van der Waals surface area contributed by atoms with Crippen LogP contribution in [0.2, 0.25) is 0 Å².